The van der Waals surface area contributed by atoms with Crippen LogP contribution in [0.5, 0.6) is 11.5 Å². The number of nitrogens with one attached hydrogen (secondary N) is 1. The summed E-state index contributed by atoms with van der Waals surface area (Å²) in [7, 11) is -2.30. The van der Waals surface area contributed by atoms with Crippen molar-refractivity contribution >= 4 is 21.6 Å². The summed E-state index contributed by atoms with van der Waals surface area (Å²) in [5.41, 5.74) is 1.46. The number of hydrogen-bond donors (Lipinski definition) is 1. The summed E-state index contributed by atoms with van der Waals surface area (Å²) in [6.07, 6.45) is 1.19. The average Bonchev–Trinajstić information content (AvgIpc) is 3.12. The van der Waals surface area contributed by atoms with Gasteiger partial charge in [0, 0.05) is 13.0 Å². The Hall–Kier alpha value is -2.58. The second-order valence-electron chi connectivity index (χ2n) is 7.08. The Bertz CT molecular complexity index is 990. The van der Waals surface area contributed by atoms with Crippen LogP contribution in [0.15, 0.2) is 47.4 Å². The first-order valence-electron chi connectivity index (χ1n) is 9.51. The number of methoxy groups -OCH3 is 1. The number of carbonyl (C=O) groups excluding carboxylic acids is 1. The van der Waals surface area contributed by atoms with Crippen LogP contribution in [-0.4, -0.2) is 40.6 Å². The van der Waals surface area contributed by atoms with E-state index in [1.54, 1.807) is 17.9 Å². The summed E-state index contributed by atoms with van der Waals surface area (Å²) >= 11 is 0. The molecule has 1 aliphatic rings. The van der Waals surface area contributed by atoms with Crippen LogP contribution >= 0.6 is 0 Å². The third kappa shape index (κ3) is 4.89. The van der Waals surface area contributed by atoms with Gasteiger partial charge in [-0.25, -0.2) is 13.1 Å². The van der Waals surface area contributed by atoms with Crippen molar-refractivity contribution in [2.24, 2.45) is 0 Å². The van der Waals surface area contributed by atoms with Crippen LogP contribution in [-0.2, 0) is 14.8 Å². The minimum Gasteiger partial charge on any atom is -0.495 e. The van der Waals surface area contributed by atoms with Crippen LogP contribution in [0.25, 0.3) is 0 Å². The quantitative estimate of drug-likeness (QED) is 0.713. The van der Waals surface area contributed by atoms with Gasteiger partial charge in [-0.1, -0.05) is 18.2 Å². The maximum Gasteiger partial charge on any atom is 0.241 e. The first-order valence-corrected chi connectivity index (χ1v) is 11.0. The molecule has 1 heterocycles. The van der Waals surface area contributed by atoms with Crippen molar-refractivity contribution < 1.29 is 22.7 Å². The van der Waals surface area contributed by atoms with Gasteiger partial charge in [0.2, 0.25) is 15.9 Å². The van der Waals surface area contributed by atoms with E-state index in [4.69, 9.17) is 9.47 Å². The van der Waals surface area contributed by atoms with Crippen molar-refractivity contribution in [1.82, 2.24) is 4.72 Å². The molecule has 1 aliphatic heterocycles. The fourth-order valence-corrected chi connectivity index (χ4v) is 4.50. The van der Waals surface area contributed by atoms with Crippen molar-refractivity contribution in [2.45, 2.75) is 37.6 Å². The van der Waals surface area contributed by atoms with Crippen LogP contribution in [0.3, 0.4) is 0 Å². The molecule has 2 aromatic rings. The molecule has 29 heavy (non-hydrogen) atoms. The average molecular weight is 419 g/mol. The zero-order valence-corrected chi connectivity index (χ0v) is 17.7. The van der Waals surface area contributed by atoms with Crippen LogP contribution in [0, 0.1) is 6.92 Å². The van der Waals surface area contributed by atoms with E-state index in [9.17, 15) is 13.2 Å². The van der Waals surface area contributed by atoms with Gasteiger partial charge in [-0.2, -0.15) is 0 Å². The number of para-hydroxylation sites is 1. The molecule has 1 amide bonds. The lowest BCUT2D eigenvalue weighted by atomic mass is 10.2. The van der Waals surface area contributed by atoms with Crippen LogP contribution in [0.4, 0.5) is 5.69 Å². The summed E-state index contributed by atoms with van der Waals surface area (Å²) in [5, 5.41) is 0. The number of amides is 1. The number of hydrogen-bond acceptors (Lipinski definition) is 5. The second kappa shape index (κ2) is 8.84. The Morgan fingerprint density at radius 3 is 2.59 bits per heavy atom. The van der Waals surface area contributed by atoms with Crippen molar-refractivity contribution in [3.05, 3.63) is 48.0 Å². The molecular formula is C21H26N2O5S. The van der Waals surface area contributed by atoms with Crippen molar-refractivity contribution in [1.29, 1.82) is 0 Å². The summed E-state index contributed by atoms with van der Waals surface area (Å²) < 4.78 is 39.4. The highest BCUT2D eigenvalue weighted by Crippen LogP contribution is 2.33. The minimum atomic E-state index is -3.79. The van der Waals surface area contributed by atoms with Gasteiger partial charge in [-0.3, -0.25) is 4.79 Å². The van der Waals surface area contributed by atoms with E-state index in [2.05, 4.69) is 4.72 Å². The zero-order valence-electron chi connectivity index (χ0n) is 16.8. The Morgan fingerprint density at radius 1 is 1.17 bits per heavy atom. The minimum absolute atomic E-state index is 0.0363. The molecule has 1 atom stereocenters. The zero-order chi connectivity index (χ0) is 21.0. The van der Waals surface area contributed by atoms with E-state index in [0.29, 0.717) is 24.4 Å². The SMILES string of the molecule is COc1ccc(S(=O)(=O)NC(C)COc2ccccc2C)cc1N1CCCC1=O. The van der Waals surface area contributed by atoms with Gasteiger partial charge in [-0.15, -0.1) is 0 Å². The van der Waals surface area contributed by atoms with E-state index < -0.39 is 16.1 Å². The number of aryl methyl sites for hydroxylation is 1. The lowest BCUT2D eigenvalue weighted by Crippen LogP contribution is -2.37. The van der Waals surface area contributed by atoms with Crippen LogP contribution < -0.4 is 19.1 Å². The van der Waals surface area contributed by atoms with Crippen LogP contribution in [0.1, 0.15) is 25.3 Å². The molecule has 156 valence electrons. The number of carbonyl (C=O) groups is 1. The molecule has 0 bridgehead atoms. The van der Waals surface area contributed by atoms with Gasteiger partial charge in [0.15, 0.2) is 0 Å². The molecular weight excluding hydrogens is 392 g/mol. The normalized spacial score (nSPS) is 15.4. The van der Waals surface area contributed by atoms with Gasteiger partial charge in [0.1, 0.15) is 18.1 Å². The van der Waals surface area contributed by atoms with Crippen molar-refractivity contribution in [3.63, 3.8) is 0 Å². The van der Waals surface area contributed by atoms with Gasteiger partial charge in [0.05, 0.1) is 23.7 Å². The Balaban J connectivity index is 1.74. The van der Waals surface area contributed by atoms with Gasteiger partial charge in [0.25, 0.3) is 0 Å². The second-order valence-corrected chi connectivity index (χ2v) is 8.80. The summed E-state index contributed by atoms with van der Waals surface area (Å²) in [6.45, 7) is 4.41. The first kappa shape index (κ1) is 21.1. The molecule has 0 spiro atoms. The predicted octanol–water partition coefficient (Wildman–Crippen LogP) is 2.88. The molecule has 0 aliphatic carbocycles. The number of nitrogens with zero attached hydrogens (tertiary/aromatic N) is 1. The lowest BCUT2D eigenvalue weighted by Gasteiger charge is -2.21. The topological polar surface area (TPSA) is 84.9 Å². The Kier molecular flexibility index (Phi) is 6.44. The lowest BCUT2D eigenvalue weighted by molar-refractivity contribution is -0.117. The molecule has 7 nitrogen and oxygen atoms in total. The Labute approximate surface area is 171 Å². The highest BCUT2D eigenvalue weighted by atomic mass is 32.2. The third-order valence-corrected chi connectivity index (χ3v) is 6.35. The number of benzene rings is 2. The summed E-state index contributed by atoms with van der Waals surface area (Å²) in [5.74, 6) is 1.15. The van der Waals surface area contributed by atoms with E-state index in [-0.39, 0.29) is 17.4 Å². The van der Waals surface area contributed by atoms with Gasteiger partial charge in [-0.05, 0) is 50.1 Å². The molecule has 0 aromatic heterocycles. The number of rotatable bonds is 8. The van der Waals surface area contributed by atoms with Gasteiger partial charge >= 0.3 is 0 Å². The molecule has 3 rings (SSSR count). The molecule has 0 saturated carbocycles. The molecule has 0 radical (unpaired) electrons. The molecule has 8 heteroatoms. The monoisotopic (exact) mass is 418 g/mol. The maximum atomic E-state index is 12.9. The van der Waals surface area contributed by atoms with E-state index >= 15 is 0 Å². The Morgan fingerprint density at radius 2 is 1.93 bits per heavy atom. The fraction of sp³-hybridized carbons (Fsp3) is 0.381. The largest absolute Gasteiger partial charge is 0.495 e. The van der Waals surface area contributed by atoms with E-state index in [1.165, 1.54) is 19.2 Å². The van der Waals surface area contributed by atoms with Gasteiger partial charge < -0.3 is 14.4 Å². The third-order valence-electron chi connectivity index (χ3n) is 4.76. The molecule has 1 N–H and O–H groups in total. The van der Waals surface area contributed by atoms with Crippen LogP contribution in [0.2, 0.25) is 0 Å². The number of ether oxygens (including phenoxy) is 2. The van der Waals surface area contributed by atoms with E-state index in [0.717, 1.165) is 17.7 Å². The summed E-state index contributed by atoms with van der Waals surface area (Å²) in [6, 6.07) is 11.7. The number of anilines is 1. The van der Waals surface area contributed by atoms with Crippen molar-refractivity contribution in [2.75, 3.05) is 25.2 Å². The molecule has 1 unspecified atom stereocenters. The predicted molar refractivity (Wildman–Crippen MR) is 111 cm³/mol. The molecule has 1 fully saturated rings. The highest BCUT2D eigenvalue weighted by molar-refractivity contribution is 7.89. The summed E-state index contributed by atoms with van der Waals surface area (Å²) in [4.78, 5) is 13.8. The highest BCUT2D eigenvalue weighted by Gasteiger charge is 2.27. The molecule has 2 aromatic carbocycles. The fourth-order valence-electron chi connectivity index (χ4n) is 3.25. The molecule has 1 saturated heterocycles. The standard InChI is InChI=1S/C21H26N2O5S/c1-15-7-4-5-8-19(15)28-14-16(2)22-29(25,26)17-10-11-20(27-3)18(13-17)23-12-6-9-21(23)24/h4-5,7-8,10-11,13,16,22H,6,9,12,14H2,1-3H3. The first-order chi connectivity index (χ1) is 13.8. The van der Waals surface area contributed by atoms with Crippen molar-refractivity contribution in [3.8, 4) is 11.5 Å². The number of sulfonamides is 1. The van der Waals surface area contributed by atoms with E-state index in [1.807, 2.05) is 31.2 Å². The smallest absolute Gasteiger partial charge is 0.241 e. The maximum absolute atomic E-state index is 12.9.